The number of carbonyl (C=O) groups is 4. The smallest absolute Gasteiger partial charge is 0.508 e. The van der Waals surface area contributed by atoms with E-state index < -0.39 is 82.3 Å². The molecule has 2 heterocycles. The third-order valence-electron chi connectivity index (χ3n) is 10.9. The fourth-order valence-corrected chi connectivity index (χ4v) is 9.06. The molecule has 1 saturated carbocycles. The van der Waals surface area contributed by atoms with Gasteiger partial charge in [-0.25, -0.2) is 4.39 Å². The molecule has 4 aliphatic rings. The number of imide groups is 2. The molecule has 9 nitrogen and oxygen atoms in total. The van der Waals surface area contributed by atoms with E-state index in [-0.39, 0.29) is 40.4 Å². The molecule has 3 fully saturated rings. The number of rotatable bonds is 6. The predicted molar refractivity (Wildman–Crippen MR) is 188 cm³/mol. The number of nitrogens with zero attached hydrogens (tertiary/aromatic N) is 2. The van der Waals surface area contributed by atoms with Gasteiger partial charge in [0.05, 0.1) is 34.5 Å². The van der Waals surface area contributed by atoms with Gasteiger partial charge in [0.25, 0.3) is 11.8 Å². The first-order chi connectivity index (χ1) is 25.7. The largest absolute Gasteiger partial charge is 0.573 e. The van der Waals surface area contributed by atoms with Crippen molar-refractivity contribution in [3.8, 4) is 11.5 Å². The van der Waals surface area contributed by atoms with E-state index in [1.54, 1.807) is 6.08 Å². The minimum absolute atomic E-state index is 0.0161. The van der Waals surface area contributed by atoms with Gasteiger partial charge in [-0.1, -0.05) is 47.0 Å². The van der Waals surface area contributed by atoms with Crippen LogP contribution in [0.25, 0.3) is 0 Å². The first-order valence-electron chi connectivity index (χ1n) is 16.8. The van der Waals surface area contributed by atoms with Crippen molar-refractivity contribution in [1.82, 2.24) is 5.01 Å². The van der Waals surface area contributed by atoms with Gasteiger partial charge in [0.2, 0.25) is 11.8 Å². The highest BCUT2D eigenvalue weighted by Gasteiger charge is 2.70. The number of ether oxygens (including phenoxy) is 1. The number of fused-ring (bicyclic) bond motifs is 4. The molecular weight excluding hydrogens is 753 g/mol. The van der Waals surface area contributed by atoms with Gasteiger partial charge in [0, 0.05) is 21.5 Å². The average molecular weight is 781 g/mol. The van der Waals surface area contributed by atoms with Crippen molar-refractivity contribution < 1.29 is 46.6 Å². The number of benzene rings is 4. The van der Waals surface area contributed by atoms with Crippen molar-refractivity contribution in [2.24, 2.45) is 23.7 Å². The van der Waals surface area contributed by atoms with Crippen LogP contribution in [-0.2, 0) is 24.6 Å². The van der Waals surface area contributed by atoms with Gasteiger partial charge in [-0.15, -0.1) is 13.2 Å². The normalized spacial score (nSPS) is 26.3. The highest BCUT2D eigenvalue weighted by atomic mass is 35.5. The molecular formula is C39H27Cl2F4N3O6. The lowest BCUT2D eigenvalue weighted by Gasteiger charge is -2.50. The molecule has 8 rings (SSSR count). The number of phenols is 1. The monoisotopic (exact) mass is 779 g/mol. The van der Waals surface area contributed by atoms with E-state index >= 15 is 4.79 Å². The summed E-state index contributed by atoms with van der Waals surface area (Å²) in [6.45, 7) is 0. The molecule has 2 aliphatic carbocycles. The molecule has 0 spiro atoms. The fourth-order valence-electron chi connectivity index (χ4n) is 8.81. The highest BCUT2D eigenvalue weighted by molar-refractivity contribution is 6.31. The van der Waals surface area contributed by atoms with Crippen LogP contribution in [0.4, 0.5) is 28.9 Å². The SMILES string of the molecule is O=C1C2CC3C(=CCC4C(=O)N(c5ccc(Cl)cc5)C(=O)C43)C(c3cc(OC(F)(F)F)ccc3O)C2(c2ccc(Cl)cc2)C(=O)N1Nc1ccc(F)cc1. The molecule has 4 aromatic rings. The van der Waals surface area contributed by atoms with Crippen molar-refractivity contribution in [2.75, 3.05) is 10.3 Å². The summed E-state index contributed by atoms with van der Waals surface area (Å²) in [6.07, 6.45) is -3.55. The standard InChI is InChI=1S/C39H27Cl2F4N3O6/c40-20-3-1-19(2-4-20)38-30(35(51)48(37(38)53)46-23-9-7-22(42)8-10-23)18-28-26(33(38)29-17-25(13-16-31(29)49)54-39(43,44)45)14-15-27-32(28)36(52)47(34(27)50)24-11-5-21(41)6-12-24/h1-14,16-17,27-28,30,32-33,46,49H,15,18H2. The van der Waals surface area contributed by atoms with Gasteiger partial charge in [-0.05, 0) is 103 Å². The van der Waals surface area contributed by atoms with Crippen LogP contribution in [-0.4, -0.2) is 40.1 Å². The van der Waals surface area contributed by atoms with E-state index in [0.717, 1.165) is 40.2 Å². The summed E-state index contributed by atoms with van der Waals surface area (Å²) in [4.78, 5) is 59.3. The van der Waals surface area contributed by atoms with E-state index in [4.69, 9.17) is 23.2 Å². The number of anilines is 2. The Labute approximate surface area is 314 Å². The number of carbonyl (C=O) groups excluding carboxylic acids is 4. The van der Waals surface area contributed by atoms with Gasteiger partial charge in [0.1, 0.15) is 17.3 Å². The van der Waals surface area contributed by atoms with Gasteiger partial charge in [-0.2, -0.15) is 5.01 Å². The van der Waals surface area contributed by atoms with Crippen LogP contribution in [0, 0.1) is 29.5 Å². The summed E-state index contributed by atoms with van der Waals surface area (Å²) in [5.41, 5.74) is 1.75. The second kappa shape index (κ2) is 12.9. The number of phenolic OH excluding ortho intramolecular Hbond substituents is 1. The van der Waals surface area contributed by atoms with Crippen molar-refractivity contribution >= 4 is 58.2 Å². The maximum atomic E-state index is 15.2. The van der Waals surface area contributed by atoms with Crippen LogP contribution in [0.15, 0.2) is 103 Å². The van der Waals surface area contributed by atoms with E-state index in [1.807, 2.05) is 0 Å². The molecule has 0 bridgehead atoms. The molecule has 0 aromatic heterocycles. The second-order valence-corrected chi connectivity index (χ2v) is 14.5. The highest BCUT2D eigenvalue weighted by Crippen LogP contribution is 2.65. The minimum Gasteiger partial charge on any atom is -0.508 e. The molecule has 4 aromatic carbocycles. The average Bonchev–Trinajstić information content (AvgIpc) is 3.51. The van der Waals surface area contributed by atoms with E-state index in [0.29, 0.717) is 10.6 Å². The summed E-state index contributed by atoms with van der Waals surface area (Å²) in [5.74, 6) is -9.85. The van der Waals surface area contributed by atoms with Gasteiger partial charge in [0.15, 0.2) is 0 Å². The van der Waals surface area contributed by atoms with Gasteiger partial charge >= 0.3 is 6.36 Å². The summed E-state index contributed by atoms with van der Waals surface area (Å²) < 4.78 is 58.8. The zero-order chi connectivity index (χ0) is 38.3. The summed E-state index contributed by atoms with van der Waals surface area (Å²) in [5, 5.41) is 12.9. The molecule has 54 heavy (non-hydrogen) atoms. The zero-order valence-corrected chi connectivity index (χ0v) is 29.2. The number of hydrogen-bond donors (Lipinski definition) is 2. The quantitative estimate of drug-likeness (QED) is 0.116. The van der Waals surface area contributed by atoms with Crippen LogP contribution < -0.4 is 15.1 Å². The third-order valence-corrected chi connectivity index (χ3v) is 11.4. The lowest BCUT2D eigenvalue weighted by molar-refractivity contribution is -0.274. The summed E-state index contributed by atoms with van der Waals surface area (Å²) in [6, 6.07) is 19.9. The van der Waals surface area contributed by atoms with Crippen LogP contribution >= 0.6 is 23.2 Å². The Morgan fingerprint density at radius 1 is 0.815 bits per heavy atom. The Morgan fingerprint density at radius 2 is 1.46 bits per heavy atom. The van der Waals surface area contributed by atoms with Gasteiger partial charge < -0.3 is 9.84 Å². The van der Waals surface area contributed by atoms with Crippen molar-refractivity contribution in [3.05, 3.63) is 130 Å². The van der Waals surface area contributed by atoms with E-state index in [2.05, 4.69) is 10.2 Å². The van der Waals surface area contributed by atoms with Crippen LogP contribution in [0.5, 0.6) is 11.5 Å². The van der Waals surface area contributed by atoms with Crippen molar-refractivity contribution in [1.29, 1.82) is 0 Å². The number of amides is 4. The first-order valence-corrected chi connectivity index (χ1v) is 17.5. The molecule has 6 atom stereocenters. The maximum absolute atomic E-state index is 15.2. The number of aromatic hydroxyl groups is 1. The third kappa shape index (κ3) is 5.60. The predicted octanol–water partition coefficient (Wildman–Crippen LogP) is 7.93. The lowest BCUT2D eigenvalue weighted by Crippen LogP contribution is -2.53. The Morgan fingerprint density at radius 3 is 2.11 bits per heavy atom. The molecule has 2 N–H and O–H groups in total. The number of hydrogen-bond acceptors (Lipinski definition) is 7. The van der Waals surface area contributed by atoms with Crippen molar-refractivity contribution in [3.63, 3.8) is 0 Å². The maximum Gasteiger partial charge on any atom is 0.573 e. The fraction of sp³-hybridized carbons (Fsp3) is 0.231. The van der Waals surface area contributed by atoms with E-state index in [1.165, 1.54) is 60.7 Å². The number of hydrazine groups is 1. The Bertz CT molecular complexity index is 2250. The van der Waals surface area contributed by atoms with Crippen LogP contribution in [0.3, 0.4) is 0 Å². The molecule has 2 aliphatic heterocycles. The topological polar surface area (TPSA) is 116 Å². The molecule has 2 saturated heterocycles. The molecule has 0 radical (unpaired) electrons. The van der Waals surface area contributed by atoms with Crippen LogP contribution in [0.1, 0.15) is 29.9 Å². The van der Waals surface area contributed by atoms with E-state index in [9.17, 15) is 37.1 Å². The van der Waals surface area contributed by atoms with Crippen molar-refractivity contribution in [2.45, 2.75) is 30.5 Å². The molecule has 6 unspecified atom stereocenters. The van der Waals surface area contributed by atoms with Gasteiger partial charge in [-0.3, -0.25) is 29.5 Å². The number of allylic oxidation sites excluding steroid dienone is 2. The minimum atomic E-state index is -5.12. The Kier molecular flexibility index (Phi) is 8.49. The number of alkyl halides is 3. The molecule has 15 heteroatoms. The molecule has 276 valence electrons. The number of nitrogens with one attached hydrogen (secondary N) is 1. The summed E-state index contributed by atoms with van der Waals surface area (Å²) >= 11 is 12.4. The number of halogens is 6. The van der Waals surface area contributed by atoms with Crippen LogP contribution in [0.2, 0.25) is 10.0 Å². The lowest BCUT2D eigenvalue weighted by atomic mass is 9.49. The summed E-state index contributed by atoms with van der Waals surface area (Å²) in [7, 11) is 0. The first kappa shape index (κ1) is 35.6. The zero-order valence-electron chi connectivity index (χ0n) is 27.7. The Balaban J connectivity index is 1.35. The second-order valence-electron chi connectivity index (χ2n) is 13.6. The Hall–Kier alpha value is -5.40. The molecule has 4 amide bonds.